The van der Waals surface area contributed by atoms with Crippen LogP contribution in [-0.4, -0.2) is 20.9 Å². The third-order valence-electron chi connectivity index (χ3n) is 2.16. The number of carboxylic acid groups (broad SMARTS) is 1. The number of carboxylic acids is 1. The Morgan fingerprint density at radius 2 is 2.21 bits per heavy atom. The lowest BCUT2D eigenvalue weighted by Crippen LogP contribution is -1.96. The summed E-state index contributed by atoms with van der Waals surface area (Å²) in [5.41, 5.74) is 2.06. The number of rotatable bonds is 1. The number of nitrogens with zero attached hydrogens (tertiary/aromatic N) is 2. The zero-order valence-corrected chi connectivity index (χ0v) is 7.98. The Bertz CT molecular complexity index is 514. The molecule has 0 spiro atoms. The van der Waals surface area contributed by atoms with Crippen molar-refractivity contribution >= 4 is 16.9 Å². The average molecular weight is 190 g/mol. The topological polar surface area (TPSA) is 55.1 Å². The van der Waals surface area contributed by atoms with Crippen LogP contribution in [0.15, 0.2) is 18.3 Å². The van der Waals surface area contributed by atoms with Gasteiger partial charge in [0, 0.05) is 18.6 Å². The molecular formula is C10H10N2O2. The van der Waals surface area contributed by atoms with Crippen LogP contribution in [0.5, 0.6) is 0 Å². The van der Waals surface area contributed by atoms with Crippen LogP contribution in [0.4, 0.5) is 0 Å². The van der Waals surface area contributed by atoms with Gasteiger partial charge in [-0.1, -0.05) is 0 Å². The van der Waals surface area contributed by atoms with Gasteiger partial charge in [0.1, 0.15) is 0 Å². The fraction of sp³-hybridized carbons (Fsp3) is 0.200. The Hall–Kier alpha value is -1.84. The molecule has 0 aliphatic rings. The summed E-state index contributed by atoms with van der Waals surface area (Å²) in [5, 5.41) is 14.0. The highest BCUT2D eigenvalue weighted by Crippen LogP contribution is 2.18. The van der Waals surface area contributed by atoms with E-state index in [4.69, 9.17) is 5.11 Å². The molecule has 4 heteroatoms. The molecule has 0 bridgehead atoms. The average Bonchev–Trinajstić information content (AvgIpc) is 2.45. The molecule has 1 N–H and O–H groups in total. The largest absolute Gasteiger partial charge is 0.478 e. The lowest BCUT2D eigenvalue weighted by molar-refractivity contribution is 0.0697. The molecule has 0 saturated heterocycles. The first-order valence-corrected chi connectivity index (χ1v) is 4.25. The van der Waals surface area contributed by atoms with Crippen LogP contribution in [0.1, 0.15) is 15.9 Å². The van der Waals surface area contributed by atoms with Gasteiger partial charge in [0.25, 0.3) is 0 Å². The quantitative estimate of drug-likeness (QED) is 0.742. The second kappa shape index (κ2) is 2.83. The van der Waals surface area contributed by atoms with E-state index in [9.17, 15) is 4.79 Å². The fourth-order valence-corrected chi connectivity index (χ4v) is 1.55. The number of aromatic nitrogens is 2. The Kier molecular flexibility index (Phi) is 1.77. The van der Waals surface area contributed by atoms with Crippen molar-refractivity contribution in [1.82, 2.24) is 9.78 Å². The van der Waals surface area contributed by atoms with Crippen molar-refractivity contribution in [2.45, 2.75) is 6.92 Å². The lowest BCUT2D eigenvalue weighted by atomic mass is 10.1. The number of hydrogen-bond donors (Lipinski definition) is 1. The van der Waals surface area contributed by atoms with Crippen molar-refractivity contribution in [2.24, 2.45) is 7.05 Å². The van der Waals surface area contributed by atoms with Gasteiger partial charge in [0.15, 0.2) is 0 Å². The van der Waals surface area contributed by atoms with Crippen LogP contribution in [0.2, 0.25) is 0 Å². The molecule has 72 valence electrons. The number of fused-ring (bicyclic) bond motifs is 1. The molecule has 14 heavy (non-hydrogen) atoms. The molecule has 0 atom stereocenters. The molecule has 4 nitrogen and oxygen atoms in total. The van der Waals surface area contributed by atoms with E-state index in [1.807, 2.05) is 20.2 Å². The monoisotopic (exact) mass is 190 g/mol. The maximum atomic E-state index is 10.8. The highest BCUT2D eigenvalue weighted by Gasteiger charge is 2.08. The molecule has 1 aromatic carbocycles. The molecule has 1 heterocycles. The van der Waals surface area contributed by atoms with Crippen LogP contribution < -0.4 is 0 Å². The molecule has 0 unspecified atom stereocenters. The SMILES string of the molecule is Cc1cc(C(=O)O)cc2cn(C)nc12. The van der Waals surface area contributed by atoms with E-state index < -0.39 is 5.97 Å². The zero-order chi connectivity index (χ0) is 10.3. The summed E-state index contributed by atoms with van der Waals surface area (Å²) in [7, 11) is 1.82. The number of aromatic carboxylic acids is 1. The first kappa shape index (κ1) is 8.74. The van der Waals surface area contributed by atoms with Crippen molar-refractivity contribution < 1.29 is 9.90 Å². The maximum Gasteiger partial charge on any atom is 0.335 e. The highest BCUT2D eigenvalue weighted by atomic mass is 16.4. The summed E-state index contributed by atoms with van der Waals surface area (Å²) in [6.45, 7) is 1.86. The van der Waals surface area contributed by atoms with E-state index in [2.05, 4.69) is 5.10 Å². The first-order valence-electron chi connectivity index (χ1n) is 4.25. The second-order valence-corrected chi connectivity index (χ2v) is 3.34. The van der Waals surface area contributed by atoms with Crippen LogP contribution in [0, 0.1) is 6.92 Å². The minimum absolute atomic E-state index is 0.308. The summed E-state index contributed by atoms with van der Waals surface area (Å²) in [6.07, 6.45) is 1.81. The van der Waals surface area contributed by atoms with Gasteiger partial charge in [-0.15, -0.1) is 0 Å². The number of hydrogen-bond acceptors (Lipinski definition) is 2. The molecule has 0 fully saturated rings. The van der Waals surface area contributed by atoms with E-state index in [0.29, 0.717) is 5.56 Å². The van der Waals surface area contributed by atoms with Crippen molar-refractivity contribution in [3.05, 3.63) is 29.5 Å². The number of benzene rings is 1. The lowest BCUT2D eigenvalue weighted by Gasteiger charge is -1.97. The molecule has 0 aliphatic heterocycles. The highest BCUT2D eigenvalue weighted by molar-refractivity contribution is 5.94. The minimum Gasteiger partial charge on any atom is -0.478 e. The maximum absolute atomic E-state index is 10.8. The number of carbonyl (C=O) groups is 1. The number of aryl methyl sites for hydroxylation is 2. The third kappa shape index (κ3) is 1.25. The van der Waals surface area contributed by atoms with Crippen LogP contribution in [-0.2, 0) is 7.05 Å². The van der Waals surface area contributed by atoms with E-state index >= 15 is 0 Å². The normalized spacial score (nSPS) is 10.7. The van der Waals surface area contributed by atoms with Crippen molar-refractivity contribution in [3.8, 4) is 0 Å². The van der Waals surface area contributed by atoms with Gasteiger partial charge in [-0.25, -0.2) is 4.79 Å². The summed E-state index contributed by atoms with van der Waals surface area (Å²) in [4.78, 5) is 10.8. The molecule has 0 aliphatic carbocycles. The molecule has 2 aromatic rings. The Labute approximate surface area is 80.8 Å². The Balaban J connectivity index is 2.77. The smallest absolute Gasteiger partial charge is 0.335 e. The summed E-state index contributed by atoms with van der Waals surface area (Å²) < 4.78 is 1.68. The van der Waals surface area contributed by atoms with E-state index in [1.54, 1.807) is 16.8 Å². The molecule has 0 saturated carbocycles. The van der Waals surface area contributed by atoms with E-state index in [1.165, 1.54) is 0 Å². The van der Waals surface area contributed by atoms with Crippen LogP contribution in [0.3, 0.4) is 0 Å². The standard InChI is InChI=1S/C10H10N2O2/c1-6-3-7(10(13)14)4-8-5-12(2)11-9(6)8/h3-5H,1-2H3,(H,13,14). The molecule has 0 amide bonds. The second-order valence-electron chi connectivity index (χ2n) is 3.34. The van der Waals surface area contributed by atoms with Gasteiger partial charge in [0.05, 0.1) is 11.1 Å². The van der Waals surface area contributed by atoms with Gasteiger partial charge >= 0.3 is 5.97 Å². The van der Waals surface area contributed by atoms with Gasteiger partial charge < -0.3 is 5.11 Å². The van der Waals surface area contributed by atoms with Gasteiger partial charge in [0.2, 0.25) is 0 Å². The summed E-state index contributed by atoms with van der Waals surface area (Å²) in [6, 6.07) is 3.27. The Morgan fingerprint density at radius 1 is 1.50 bits per heavy atom. The van der Waals surface area contributed by atoms with Gasteiger partial charge in [-0.05, 0) is 24.6 Å². The first-order chi connectivity index (χ1) is 6.58. The fourth-order valence-electron chi connectivity index (χ4n) is 1.55. The van der Waals surface area contributed by atoms with Gasteiger partial charge in [-0.2, -0.15) is 5.10 Å². The van der Waals surface area contributed by atoms with Gasteiger partial charge in [-0.3, -0.25) is 4.68 Å². The molecule has 1 aromatic heterocycles. The van der Waals surface area contributed by atoms with Crippen molar-refractivity contribution in [1.29, 1.82) is 0 Å². The molecule has 2 rings (SSSR count). The summed E-state index contributed by atoms with van der Waals surface area (Å²) >= 11 is 0. The van der Waals surface area contributed by atoms with Crippen molar-refractivity contribution in [2.75, 3.05) is 0 Å². The predicted molar refractivity (Wildman–Crippen MR) is 52.4 cm³/mol. The zero-order valence-electron chi connectivity index (χ0n) is 7.98. The molecule has 0 radical (unpaired) electrons. The minimum atomic E-state index is -0.904. The van der Waals surface area contributed by atoms with Crippen LogP contribution in [0.25, 0.3) is 10.9 Å². The third-order valence-corrected chi connectivity index (χ3v) is 2.16. The van der Waals surface area contributed by atoms with E-state index in [0.717, 1.165) is 16.5 Å². The van der Waals surface area contributed by atoms with Crippen molar-refractivity contribution in [3.63, 3.8) is 0 Å². The van der Waals surface area contributed by atoms with E-state index in [-0.39, 0.29) is 0 Å². The molecular weight excluding hydrogens is 180 g/mol. The Morgan fingerprint density at radius 3 is 2.86 bits per heavy atom. The predicted octanol–water partition coefficient (Wildman–Crippen LogP) is 1.58. The van der Waals surface area contributed by atoms with Crippen LogP contribution >= 0.6 is 0 Å². The summed E-state index contributed by atoms with van der Waals surface area (Å²) in [5.74, 6) is -0.904.